The van der Waals surface area contributed by atoms with Crippen molar-refractivity contribution >= 4 is 28.5 Å². The van der Waals surface area contributed by atoms with Gasteiger partial charge in [-0.1, -0.05) is 48.0 Å². The second-order valence-electron chi connectivity index (χ2n) is 8.64. The topological polar surface area (TPSA) is 76.0 Å². The molecule has 174 valence electrons. The molecular formula is C28H30N4O2. The maximum atomic E-state index is 13.0. The van der Waals surface area contributed by atoms with Crippen LogP contribution in [0.2, 0.25) is 0 Å². The number of fused-ring (bicyclic) bond motifs is 1. The molecule has 0 saturated carbocycles. The van der Waals surface area contributed by atoms with Crippen LogP contribution in [0, 0.1) is 20.8 Å². The normalized spacial score (nSPS) is 10.9. The fourth-order valence-electron chi connectivity index (χ4n) is 4.08. The predicted octanol–water partition coefficient (Wildman–Crippen LogP) is 4.96. The van der Waals surface area contributed by atoms with Gasteiger partial charge in [-0.3, -0.25) is 9.59 Å². The molecule has 4 aromatic rings. The molecule has 3 aromatic carbocycles. The highest BCUT2D eigenvalue weighted by Crippen LogP contribution is 2.21. The number of nitrogens with one attached hydrogen (secondary N) is 2. The van der Waals surface area contributed by atoms with E-state index in [1.54, 1.807) is 0 Å². The first kappa shape index (κ1) is 23.2. The van der Waals surface area contributed by atoms with Crippen molar-refractivity contribution in [3.05, 3.63) is 94.8 Å². The Kier molecular flexibility index (Phi) is 7.07. The molecule has 2 N–H and O–H groups in total. The van der Waals surface area contributed by atoms with Crippen molar-refractivity contribution in [3.8, 4) is 0 Å². The lowest BCUT2D eigenvalue weighted by Crippen LogP contribution is -2.25. The quantitative estimate of drug-likeness (QED) is 0.369. The number of carbonyl (C=O) groups excluding carboxylic acids is 2. The molecule has 1 aromatic heterocycles. The summed E-state index contributed by atoms with van der Waals surface area (Å²) in [5.74, 6) is 0.665. The Morgan fingerprint density at radius 1 is 0.882 bits per heavy atom. The number of amides is 2. The minimum atomic E-state index is -0.0884. The van der Waals surface area contributed by atoms with Gasteiger partial charge in [0, 0.05) is 24.2 Å². The van der Waals surface area contributed by atoms with Crippen LogP contribution in [-0.2, 0) is 17.8 Å². The van der Waals surface area contributed by atoms with Crippen molar-refractivity contribution in [2.75, 3.05) is 11.9 Å². The second kappa shape index (κ2) is 10.3. The first-order chi connectivity index (χ1) is 16.4. The summed E-state index contributed by atoms with van der Waals surface area (Å²) in [6.07, 6.45) is 1.37. The van der Waals surface area contributed by atoms with Crippen LogP contribution < -0.4 is 10.6 Å². The molecule has 0 aliphatic rings. The number of benzene rings is 3. The van der Waals surface area contributed by atoms with Gasteiger partial charge in [0.2, 0.25) is 5.91 Å². The highest BCUT2D eigenvalue weighted by molar-refractivity contribution is 5.94. The summed E-state index contributed by atoms with van der Waals surface area (Å²) < 4.78 is 1.97. The lowest BCUT2D eigenvalue weighted by Gasteiger charge is -2.13. The summed E-state index contributed by atoms with van der Waals surface area (Å²) in [5.41, 5.74) is 6.50. The third kappa shape index (κ3) is 5.34. The van der Waals surface area contributed by atoms with Crippen LogP contribution in [0.4, 0.5) is 5.69 Å². The molecular weight excluding hydrogens is 424 g/mol. The molecule has 0 spiro atoms. The van der Waals surface area contributed by atoms with E-state index in [1.807, 2.05) is 92.1 Å². The molecule has 0 saturated heterocycles. The number of carbonyl (C=O) groups is 2. The number of nitrogens with zero attached hydrogens (tertiary/aromatic N) is 2. The molecule has 0 aliphatic carbocycles. The first-order valence-electron chi connectivity index (χ1n) is 11.6. The number of hydrogen-bond acceptors (Lipinski definition) is 3. The van der Waals surface area contributed by atoms with E-state index < -0.39 is 0 Å². The van der Waals surface area contributed by atoms with Gasteiger partial charge in [-0.05, 0) is 62.6 Å². The molecule has 0 radical (unpaired) electrons. The Labute approximate surface area is 200 Å². The number of aromatic nitrogens is 2. The van der Waals surface area contributed by atoms with Crippen LogP contribution in [0.15, 0.2) is 66.7 Å². The van der Waals surface area contributed by atoms with E-state index >= 15 is 0 Å². The van der Waals surface area contributed by atoms with Gasteiger partial charge >= 0.3 is 0 Å². The van der Waals surface area contributed by atoms with E-state index in [9.17, 15) is 9.59 Å². The highest BCUT2D eigenvalue weighted by Gasteiger charge is 2.15. The average Bonchev–Trinajstić information content (AvgIpc) is 3.16. The summed E-state index contributed by atoms with van der Waals surface area (Å²) in [7, 11) is 0. The molecule has 34 heavy (non-hydrogen) atoms. The highest BCUT2D eigenvalue weighted by atomic mass is 16.2. The maximum Gasteiger partial charge on any atom is 0.251 e. The molecule has 6 heteroatoms. The van der Waals surface area contributed by atoms with Crippen LogP contribution in [0.1, 0.15) is 39.3 Å². The van der Waals surface area contributed by atoms with Crippen molar-refractivity contribution in [2.45, 2.75) is 40.2 Å². The van der Waals surface area contributed by atoms with Crippen molar-refractivity contribution < 1.29 is 9.59 Å². The Hall–Kier alpha value is -3.93. The monoisotopic (exact) mass is 454 g/mol. The van der Waals surface area contributed by atoms with Gasteiger partial charge in [0.1, 0.15) is 12.4 Å². The van der Waals surface area contributed by atoms with Crippen molar-refractivity contribution in [2.24, 2.45) is 0 Å². The van der Waals surface area contributed by atoms with Gasteiger partial charge in [-0.25, -0.2) is 4.98 Å². The summed E-state index contributed by atoms with van der Waals surface area (Å²) in [4.78, 5) is 30.1. The molecule has 1 heterocycles. The second-order valence-corrected chi connectivity index (χ2v) is 8.64. The largest absolute Gasteiger partial charge is 0.352 e. The van der Waals surface area contributed by atoms with E-state index in [0.29, 0.717) is 18.5 Å². The minimum Gasteiger partial charge on any atom is -0.352 e. The number of rotatable bonds is 8. The number of aryl methyl sites for hydroxylation is 4. The van der Waals surface area contributed by atoms with Gasteiger partial charge in [-0.15, -0.1) is 0 Å². The summed E-state index contributed by atoms with van der Waals surface area (Å²) >= 11 is 0. The number of anilines is 1. The van der Waals surface area contributed by atoms with Gasteiger partial charge in [0.05, 0.1) is 11.0 Å². The van der Waals surface area contributed by atoms with Crippen LogP contribution in [-0.4, -0.2) is 27.9 Å². The Morgan fingerprint density at radius 2 is 1.59 bits per heavy atom. The first-order valence-corrected chi connectivity index (χ1v) is 11.6. The summed E-state index contributed by atoms with van der Waals surface area (Å²) in [5, 5.41) is 6.04. The summed E-state index contributed by atoms with van der Waals surface area (Å²) in [6.45, 7) is 6.69. The SMILES string of the molecule is Cc1ccc(C(=O)NCCCc2nc3ccccc3n2CC(=O)Nc2c(C)cccc2C)cc1. The minimum absolute atomic E-state index is 0.0820. The Bertz CT molecular complexity index is 1300. The van der Waals surface area contributed by atoms with E-state index in [2.05, 4.69) is 10.6 Å². The van der Waals surface area contributed by atoms with Gasteiger partial charge in [-0.2, -0.15) is 0 Å². The predicted molar refractivity (Wildman–Crippen MR) is 136 cm³/mol. The Balaban J connectivity index is 1.43. The number of imidazole rings is 1. The van der Waals surface area contributed by atoms with Gasteiger partial charge in [0.15, 0.2) is 0 Å². The lowest BCUT2D eigenvalue weighted by atomic mass is 10.1. The molecule has 0 fully saturated rings. The number of para-hydroxylation sites is 3. The fourth-order valence-corrected chi connectivity index (χ4v) is 4.08. The van der Waals surface area contributed by atoms with Crippen LogP contribution in [0.3, 0.4) is 0 Å². The molecule has 6 nitrogen and oxygen atoms in total. The van der Waals surface area contributed by atoms with Crippen LogP contribution in [0.25, 0.3) is 11.0 Å². The zero-order valence-electron chi connectivity index (χ0n) is 19.9. The summed E-state index contributed by atoms with van der Waals surface area (Å²) in [6, 6.07) is 21.3. The van der Waals surface area contributed by atoms with Crippen LogP contribution in [0.5, 0.6) is 0 Å². The third-order valence-electron chi connectivity index (χ3n) is 5.96. The van der Waals surface area contributed by atoms with E-state index in [-0.39, 0.29) is 18.4 Å². The Morgan fingerprint density at radius 3 is 2.32 bits per heavy atom. The fraction of sp³-hybridized carbons (Fsp3) is 0.250. The molecule has 0 bridgehead atoms. The van der Waals surface area contributed by atoms with Gasteiger partial charge < -0.3 is 15.2 Å². The molecule has 0 unspecified atom stereocenters. The lowest BCUT2D eigenvalue weighted by molar-refractivity contribution is -0.116. The third-order valence-corrected chi connectivity index (χ3v) is 5.96. The maximum absolute atomic E-state index is 13.0. The standard InChI is InChI=1S/C28H30N4O2/c1-19-13-15-22(16-14-19)28(34)29-17-7-12-25-30-23-10-4-5-11-24(23)32(25)18-26(33)31-27-20(2)8-6-9-21(27)3/h4-6,8-11,13-16H,7,12,17-18H2,1-3H3,(H,29,34)(H,31,33). The molecule has 2 amide bonds. The smallest absolute Gasteiger partial charge is 0.251 e. The zero-order valence-corrected chi connectivity index (χ0v) is 19.9. The van der Waals surface area contributed by atoms with E-state index in [0.717, 1.165) is 45.7 Å². The van der Waals surface area contributed by atoms with Crippen molar-refractivity contribution in [3.63, 3.8) is 0 Å². The van der Waals surface area contributed by atoms with E-state index in [4.69, 9.17) is 4.98 Å². The van der Waals surface area contributed by atoms with Gasteiger partial charge in [0.25, 0.3) is 5.91 Å². The molecule has 0 aliphatic heterocycles. The van der Waals surface area contributed by atoms with Crippen LogP contribution >= 0.6 is 0 Å². The van der Waals surface area contributed by atoms with Crippen molar-refractivity contribution in [1.82, 2.24) is 14.9 Å². The molecule has 0 atom stereocenters. The average molecular weight is 455 g/mol. The number of hydrogen-bond donors (Lipinski definition) is 2. The van der Waals surface area contributed by atoms with E-state index in [1.165, 1.54) is 0 Å². The van der Waals surface area contributed by atoms with Crippen molar-refractivity contribution in [1.29, 1.82) is 0 Å². The zero-order chi connectivity index (χ0) is 24.1. The molecule has 4 rings (SSSR count).